The van der Waals surface area contributed by atoms with Crippen molar-refractivity contribution < 1.29 is 4.79 Å². The van der Waals surface area contributed by atoms with Crippen LogP contribution in [0.3, 0.4) is 0 Å². The van der Waals surface area contributed by atoms with Crippen molar-refractivity contribution in [3.63, 3.8) is 0 Å². The van der Waals surface area contributed by atoms with Gasteiger partial charge in [0.1, 0.15) is 5.69 Å². The van der Waals surface area contributed by atoms with Gasteiger partial charge in [0.15, 0.2) is 0 Å². The number of carbonyl (C=O) groups is 1. The molecule has 0 aliphatic heterocycles. The van der Waals surface area contributed by atoms with E-state index in [1.165, 1.54) is 6.20 Å². The molecule has 0 unspecified atom stereocenters. The minimum atomic E-state index is -0.500. The summed E-state index contributed by atoms with van der Waals surface area (Å²) in [4.78, 5) is 37.4. The number of aromatic amines is 1. The molecule has 0 saturated heterocycles. The highest BCUT2D eigenvalue weighted by molar-refractivity contribution is 6.01. The number of nitrogens with one attached hydrogen (secondary N) is 2. The molecule has 1 aliphatic carbocycles. The van der Waals surface area contributed by atoms with Crippen molar-refractivity contribution in [1.82, 2.24) is 29.5 Å². The van der Waals surface area contributed by atoms with Crippen LogP contribution in [0, 0.1) is 0 Å². The fourth-order valence-corrected chi connectivity index (χ4v) is 2.18. The summed E-state index contributed by atoms with van der Waals surface area (Å²) in [6, 6.07) is 1.91. The van der Waals surface area contributed by atoms with Crippen molar-refractivity contribution in [3.8, 4) is 0 Å². The zero-order valence-corrected chi connectivity index (χ0v) is 11.4. The summed E-state index contributed by atoms with van der Waals surface area (Å²) in [5, 5.41) is 6.82. The highest BCUT2D eigenvalue weighted by atomic mass is 16.2. The lowest BCUT2D eigenvalue weighted by Gasteiger charge is -1.99. The Morgan fingerprint density at radius 2 is 2.23 bits per heavy atom. The summed E-state index contributed by atoms with van der Waals surface area (Å²) in [5.74, 6) is 0.574. The van der Waals surface area contributed by atoms with Crippen LogP contribution in [0.25, 0.3) is 5.78 Å². The lowest BCUT2D eigenvalue weighted by Crippen LogP contribution is -2.17. The van der Waals surface area contributed by atoms with E-state index in [-0.39, 0.29) is 17.2 Å². The number of fused-ring (bicyclic) bond motifs is 1. The largest absolute Gasteiger partial charge is 0.325 e. The van der Waals surface area contributed by atoms with Crippen LogP contribution in [0.1, 0.15) is 34.9 Å². The smallest absolute Gasteiger partial charge is 0.278 e. The second-order valence-electron chi connectivity index (χ2n) is 5.04. The van der Waals surface area contributed by atoms with Gasteiger partial charge in [-0.15, -0.1) is 5.10 Å². The standard InChI is InChI=1S/C13H11N7O2/c21-10-6-15-8(5-16-10)11(22)17-12-18-13-14-4-3-9(7-1-2-7)20(13)19-12/h3-7H,1-2H2,(H,16,21)(H,17,19,22). The number of amides is 1. The summed E-state index contributed by atoms with van der Waals surface area (Å²) >= 11 is 0. The summed E-state index contributed by atoms with van der Waals surface area (Å²) < 4.78 is 1.65. The first-order valence-electron chi connectivity index (χ1n) is 6.78. The van der Waals surface area contributed by atoms with Crippen LogP contribution in [0.2, 0.25) is 0 Å². The predicted molar refractivity (Wildman–Crippen MR) is 75.6 cm³/mol. The topological polar surface area (TPSA) is 118 Å². The van der Waals surface area contributed by atoms with Crippen LogP contribution in [-0.4, -0.2) is 35.5 Å². The van der Waals surface area contributed by atoms with Crippen LogP contribution in [-0.2, 0) is 0 Å². The molecule has 3 aromatic rings. The number of carbonyl (C=O) groups excluding carboxylic acids is 1. The quantitative estimate of drug-likeness (QED) is 0.719. The van der Waals surface area contributed by atoms with Crippen LogP contribution < -0.4 is 10.9 Å². The van der Waals surface area contributed by atoms with Crippen LogP contribution in [0.15, 0.2) is 29.5 Å². The first-order chi connectivity index (χ1) is 10.7. The zero-order chi connectivity index (χ0) is 15.1. The van der Waals surface area contributed by atoms with Crippen molar-refractivity contribution in [2.45, 2.75) is 18.8 Å². The molecule has 2 N–H and O–H groups in total. The summed E-state index contributed by atoms with van der Waals surface area (Å²) in [6.07, 6.45) is 6.22. The van der Waals surface area contributed by atoms with Gasteiger partial charge in [0.05, 0.1) is 11.9 Å². The van der Waals surface area contributed by atoms with Gasteiger partial charge in [-0.25, -0.2) is 9.97 Å². The highest BCUT2D eigenvalue weighted by Gasteiger charge is 2.27. The summed E-state index contributed by atoms with van der Waals surface area (Å²) in [7, 11) is 0. The Hall–Kier alpha value is -3.10. The van der Waals surface area contributed by atoms with Crippen LogP contribution in [0.5, 0.6) is 0 Å². The summed E-state index contributed by atoms with van der Waals surface area (Å²) in [6.45, 7) is 0. The molecule has 1 aliphatic rings. The van der Waals surface area contributed by atoms with Crippen molar-refractivity contribution in [3.05, 3.63) is 46.4 Å². The molecule has 0 aromatic carbocycles. The van der Waals surface area contributed by atoms with E-state index in [1.807, 2.05) is 6.07 Å². The van der Waals surface area contributed by atoms with Crippen LogP contribution >= 0.6 is 0 Å². The van der Waals surface area contributed by atoms with E-state index in [4.69, 9.17) is 0 Å². The van der Waals surface area contributed by atoms with Gasteiger partial charge in [-0.05, 0) is 18.9 Å². The molecule has 0 radical (unpaired) electrons. The zero-order valence-electron chi connectivity index (χ0n) is 11.4. The molecule has 0 atom stereocenters. The first-order valence-corrected chi connectivity index (χ1v) is 6.78. The van der Waals surface area contributed by atoms with Gasteiger partial charge < -0.3 is 4.98 Å². The van der Waals surface area contributed by atoms with Crippen molar-refractivity contribution in [2.75, 3.05) is 5.32 Å². The lowest BCUT2D eigenvalue weighted by atomic mass is 10.3. The lowest BCUT2D eigenvalue weighted by molar-refractivity contribution is 0.102. The van der Waals surface area contributed by atoms with E-state index in [1.54, 1.807) is 10.7 Å². The number of rotatable bonds is 3. The van der Waals surface area contributed by atoms with Gasteiger partial charge in [0.25, 0.3) is 23.2 Å². The monoisotopic (exact) mass is 297 g/mol. The van der Waals surface area contributed by atoms with E-state index in [0.29, 0.717) is 11.7 Å². The molecular weight excluding hydrogens is 286 g/mol. The average molecular weight is 297 g/mol. The molecule has 9 heteroatoms. The van der Waals surface area contributed by atoms with E-state index in [2.05, 4.69) is 30.4 Å². The summed E-state index contributed by atoms with van der Waals surface area (Å²) in [5.41, 5.74) is 0.745. The normalized spacial score (nSPS) is 14.2. The van der Waals surface area contributed by atoms with E-state index in [0.717, 1.165) is 24.7 Å². The average Bonchev–Trinajstić information content (AvgIpc) is 3.27. The molecule has 3 aromatic heterocycles. The maximum atomic E-state index is 12.0. The van der Waals surface area contributed by atoms with Crippen molar-refractivity contribution in [1.29, 1.82) is 0 Å². The molecule has 4 rings (SSSR count). The molecule has 110 valence electrons. The molecule has 0 bridgehead atoms. The maximum absolute atomic E-state index is 12.0. The Bertz CT molecular complexity index is 905. The molecule has 1 amide bonds. The molecule has 1 fully saturated rings. The number of H-pyrrole nitrogens is 1. The molecule has 0 spiro atoms. The van der Waals surface area contributed by atoms with E-state index < -0.39 is 5.91 Å². The number of anilines is 1. The third-order valence-corrected chi connectivity index (χ3v) is 3.40. The van der Waals surface area contributed by atoms with Gasteiger partial charge >= 0.3 is 0 Å². The van der Waals surface area contributed by atoms with Gasteiger partial charge in [-0.3, -0.25) is 14.9 Å². The molecule has 9 nitrogen and oxygen atoms in total. The second-order valence-corrected chi connectivity index (χ2v) is 5.04. The molecule has 3 heterocycles. The van der Waals surface area contributed by atoms with Gasteiger partial charge in [0.2, 0.25) is 0 Å². The predicted octanol–water partition coefficient (Wildman–Crippen LogP) is 0.337. The Morgan fingerprint density at radius 1 is 1.36 bits per heavy atom. The third kappa shape index (κ3) is 2.22. The maximum Gasteiger partial charge on any atom is 0.278 e. The van der Waals surface area contributed by atoms with Gasteiger partial charge in [0, 0.05) is 18.3 Å². The Morgan fingerprint density at radius 3 is 2.95 bits per heavy atom. The fraction of sp³-hybridized carbons (Fsp3) is 0.231. The Kier molecular flexibility index (Phi) is 2.71. The number of hydrogen-bond donors (Lipinski definition) is 2. The number of aromatic nitrogens is 6. The molecule has 1 saturated carbocycles. The van der Waals surface area contributed by atoms with Crippen LogP contribution in [0.4, 0.5) is 5.95 Å². The number of hydrogen-bond acceptors (Lipinski definition) is 6. The number of nitrogens with zero attached hydrogens (tertiary/aromatic N) is 5. The van der Waals surface area contributed by atoms with E-state index >= 15 is 0 Å². The molecular formula is C13H11N7O2. The van der Waals surface area contributed by atoms with Gasteiger partial charge in [-0.2, -0.15) is 9.50 Å². The van der Waals surface area contributed by atoms with Crippen molar-refractivity contribution in [2.24, 2.45) is 0 Å². The van der Waals surface area contributed by atoms with Crippen molar-refractivity contribution >= 4 is 17.6 Å². The Labute approximate surface area is 123 Å². The molecule has 22 heavy (non-hydrogen) atoms. The third-order valence-electron chi connectivity index (χ3n) is 3.40. The van der Waals surface area contributed by atoms with Gasteiger partial charge in [-0.1, -0.05) is 0 Å². The minimum absolute atomic E-state index is 0.0776. The highest BCUT2D eigenvalue weighted by Crippen LogP contribution is 2.39. The van der Waals surface area contributed by atoms with E-state index in [9.17, 15) is 9.59 Å². The fourth-order valence-electron chi connectivity index (χ4n) is 2.18. The minimum Gasteiger partial charge on any atom is -0.325 e. The Balaban J connectivity index is 1.64. The second kappa shape index (κ2) is 4.72. The SMILES string of the molecule is O=C(Nc1nc2nccc(C3CC3)n2n1)c1c[nH]c(=O)cn1. The first kappa shape index (κ1) is 12.6.